The normalized spacial score (nSPS) is 10.5. The molecule has 0 amide bonds. The van der Waals surface area contributed by atoms with Crippen LogP contribution in [0.1, 0.15) is 19.4 Å². The third-order valence-electron chi connectivity index (χ3n) is 2.94. The molecule has 0 spiro atoms. The van der Waals surface area contributed by atoms with E-state index in [0.717, 1.165) is 28.2 Å². The molecule has 4 heteroatoms. The fraction of sp³-hybridized carbons (Fsp3) is 0.294. The van der Waals surface area contributed by atoms with E-state index in [1.54, 1.807) is 7.11 Å². The average Bonchev–Trinajstić information content (AvgIpc) is 2.46. The lowest BCUT2D eigenvalue weighted by Gasteiger charge is -2.13. The molecular formula is C17H20BrNO2. The largest absolute Gasteiger partial charge is 0.495 e. The first kappa shape index (κ1) is 15.7. The van der Waals surface area contributed by atoms with Gasteiger partial charge in [0, 0.05) is 11.0 Å². The Morgan fingerprint density at radius 1 is 1.10 bits per heavy atom. The van der Waals surface area contributed by atoms with Gasteiger partial charge >= 0.3 is 0 Å². The second-order valence-corrected chi connectivity index (χ2v) is 5.92. The fourth-order valence-corrected chi connectivity index (χ4v) is 2.33. The number of hydrogen-bond acceptors (Lipinski definition) is 3. The van der Waals surface area contributed by atoms with Gasteiger partial charge in [-0.15, -0.1) is 0 Å². The van der Waals surface area contributed by atoms with Crippen molar-refractivity contribution in [2.45, 2.75) is 26.5 Å². The average molecular weight is 350 g/mol. The molecule has 0 aliphatic carbocycles. The summed E-state index contributed by atoms with van der Waals surface area (Å²) in [4.78, 5) is 0. The Morgan fingerprint density at radius 3 is 2.43 bits per heavy atom. The standard InChI is InChI=1S/C17H20BrNO2/c1-12(2)21-15-7-4-13(5-8-15)11-19-16-10-14(18)6-9-17(16)20-3/h4-10,12,19H,11H2,1-3H3. The smallest absolute Gasteiger partial charge is 0.142 e. The number of rotatable bonds is 6. The second-order valence-electron chi connectivity index (χ2n) is 5.01. The number of hydrogen-bond donors (Lipinski definition) is 1. The molecule has 0 unspecified atom stereocenters. The van der Waals surface area contributed by atoms with E-state index >= 15 is 0 Å². The lowest BCUT2D eigenvalue weighted by atomic mass is 10.2. The molecule has 1 N–H and O–H groups in total. The van der Waals surface area contributed by atoms with Crippen molar-refractivity contribution >= 4 is 21.6 Å². The van der Waals surface area contributed by atoms with Gasteiger partial charge in [-0.3, -0.25) is 0 Å². The molecule has 0 saturated heterocycles. The van der Waals surface area contributed by atoms with E-state index in [9.17, 15) is 0 Å². The van der Waals surface area contributed by atoms with Crippen molar-refractivity contribution in [2.75, 3.05) is 12.4 Å². The van der Waals surface area contributed by atoms with Gasteiger partial charge in [-0.2, -0.15) is 0 Å². The van der Waals surface area contributed by atoms with E-state index in [-0.39, 0.29) is 6.10 Å². The van der Waals surface area contributed by atoms with Crippen LogP contribution in [-0.2, 0) is 6.54 Å². The maximum Gasteiger partial charge on any atom is 0.142 e. The van der Waals surface area contributed by atoms with Crippen LogP contribution in [0.3, 0.4) is 0 Å². The summed E-state index contributed by atoms with van der Waals surface area (Å²) in [5, 5.41) is 3.39. The minimum atomic E-state index is 0.194. The van der Waals surface area contributed by atoms with Crippen molar-refractivity contribution in [1.82, 2.24) is 0 Å². The first-order valence-corrected chi connectivity index (χ1v) is 7.71. The zero-order valence-corrected chi connectivity index (χ0v) is 14.1. The number of methoxy groups -OCH3 is 1. The highest BCUT2D eigenvalue weighted by molar-refractivity contribution is 9.10. The summed E-state index contributed by atoms with van der Waals surface area (Å²) in [7, 11) is 1.67. The van der Waals surface area contributed by atoms with Gasteiger partial charge < -0.3 is 14.8 Å². The molecule has 0 heterocycles. The van der Waals surface area contributed by atoms with Crippen molar-refractivity contribution in [3.05, 3.63) is 52.5 Å². The fourth-order valence-electron chi connectivity index (χ4n) is 1.97. The third-order valence-corrected chi connectivity index (χ3v) is 3.43. The van der Waals surface area contributed by atoms with Crippen LogP contribution in [0.5, 0.6) is 11.5 Å². The quantitative estimate of drug-likeness (QED) is 0.807. The number of benzene rings is 2. The Hall–Kier alpha value is -1.68. The van der Waals surface area contributed by atoms with Gasteiger partial charge in [0.15, 0.2) is 0 Å². The maximum absolute atomic E-state index is 5.64. The molecule has 0 radical (unpaired) electrons. The lowest BCUT2D eigenvalue weighted by Crippen LogP contribution is -2.06. The molecule has 0 saturated carbocycles. The van der Waals surface area contributed by atoms with Gasteiger partial charge in [-0.05, 0) is 49.7 Å². The van der Waals surface area contributed by atoms with Gasteiger partial charge in [0.25, 0.3) is 0 Å². The van der Waals surface area contributed by atoms with Gasteiger partial charge in [0.2, 0.25) is 0 Å². The molecule has 21 heavy (non-hydrogen) atoms. The summed E-state index contributed by atoms with van der Waals surface area (Å²) in [6, 6.07) is 14.0. The summed E-state index contributed by atoms with van der Waals surface area (Å²) in [6.45, 7) is 4.78. The molecule has 3 nitrogen and oxygen atoms in total. The summed E-state index contributed by atoms with van der Waals surface area (Å²) >= 11 is 3.47. The lowest BCUT2D eigenvalue weighted by molar-refractivity contribution is 0.242. The van der Waals surface area contributed by atoms with Gasteiger partial charge in [0.1, 0.15) is 11.5 Å². The molecule has 0 fully saturated rings. The van der Waals surface area contributed by atoms with Crippen LogP contribution < -0.4 is 14.8 Å². The van der Waals surface area contributed by atoms with Crippen LogP contribution in [0.15, 0.2) is 46.9 Å². The SMILES string of the molecule is COc1ccc(Br)cc1NCc1ccc(OC(C)C)cc1. The highest BCUT2D eigenvalue weighted by Gasteiger charge is 2.04. The van der Waals surface area contributed by atoms with Crippen LogP contribution >= 0.6 is 15.9 Å². The van der Waals surface area contributed by atoms with Crippen molar-refractivity contribution in [3.63, 3.8) is 0 Å². The highest BCUT2D eigenvalue weighted by Crippen LogP contribution is 2.28. The topological polar surface area (TPSA) is 30.5 Å². The predicted octanol–water partition coefficient (Wildman–Crippen LogP) is 4.86. The summed E-state index contributed by atoms with van der Waals surface area (Å²) in [6.07, 6.45) is 0.194. The third kappa shape index (κ3) is 4.67. The Labute approximate surface area is 134 Å². The van der Waals surface area contributed by atoms with Crippen molar-refractivity contribution in [2.24, 2.45) is 0 Å². The predicted molar refractivity (Wildman–Crippen MR) is 90.2 cm³/mol. The minimum absolute atomic E-state index is 0.194. The van der Waals surface area contributed by atoms with Crippen LogP contribution in [-0.4, -0.2) is 13.2 Å². The molecule has 2 rings (SSSR count). The van der Waals surface area contributed by atoms with Gasteiger partial charge in [0.05, 0.1) is 18.9 Å². The molecule has 0 aliphatic heterocycles. The van der Waals surface area contributed by atoms with E-state index in [1.165, 1.54) is 5.56 Å². The van der Waals surface area contributed by atoms with Crippen molar-refractivity contribution in [3.8, 4) is 11.5 Å². The summed E-state index contributed by atoms with van der Waals surface area (Å²) in [5.41, 5.74) is 2.16. The first-order valence-electron chi connectivity index (χ1n) is 6.91. The monoisotopic (exact) mass is 349 g/mol. The number of halogens is 1. The Balaban J connectivity index is 2.01. The number of nitrogens with one attached hydrogen (secondary N) is 1. The van der Waals surface area contributed by atoms with E-state index in [2.05, 4.69) is 33.4 Å². The van der Waals surface area contributed by atoms with Gasteiger partial charge in [-0.25, -0.2) is 0 Å². The zero-order chi connectivity index (χ0) is 15.2. The summed E-state index contributed by atoms with van der Waals surface area (Å²) < 4.78 is 12.0. The molecule has 112 valence electrons. The molecule has 0 bridgehead atoms. The van der Waals surface area contributed by atoms with E-state index < -0.39 is 0 Å². The van der Waals surface area contributed by atoms with Crippen LogP contribution in [0.25, 0.3) is 0 Å². The molecular weight excluding hydrogens is 330 g/mol. The van der Waals surface area contributed by atoms with E-state index in [0.29, 0.717) is 0 Å². The minimum Gasteiger partial charge on any atom is -0.495 e. The zero-order valence-electron chi connectivity index (χ0n) is 12.5. The first-order chi connectivity index (χ1) is 10.1. The molecule has 2 aromatic carbocycles. The molecule has 0 aromatic heterocycles. The number of anilines is 1. The van der Waals surface area contributed by atoms with Crippen molar-refractivity contribution < 1.29 is 9.47 Å². The van der Waals surface area contributed by atoms with Crippen LogP contribution in [0.4, 0.5) is 5.69 Å². The van der Waals surface area contributed by atoms with Crippen molar-refractivity contribution in [1.29, 1.82) is 0 Å². The van der Waals surface area contributed by atoms with Crippen LogP contribution in [0.2, 0.25) is 0 Å². The Morgan fingerprint density at radius 2 is 1.81 bits per heavy atom. The molecule has 0 aliphatic rings. The Bertz CT molecular complexity index is 582. The van der Waals surface area contributed by atoms with E-state index in [4.69, 9.17) is 9.47 Å². The van der Waals surface area contributed by atoms with E-state index in [1.807, 2.05) is 44.2 Å². The summed E-state index contributed by atoms with van der Waals surface area (Å²) in [5.74, 6) is 1.73. The second kappa shape index (κ2) is 7.36. The molecule has 2 aromatic rings. The highest BCUT2D eigenvalue weighted by atomic mass is 79.9. The molecule has 0 atom stereocenters. The maximum atomic E-state index is 5.64. The van der Waals surface area contributed by atoms with Crippen LogP contribution in [0, 0.1) is 0 Å². The number of ether oxygens (including phenoxy) is 2. The van der Waals surface area contributed by atoms with Gasteiger partial charge in [-0.1, -0.05) is 28.1 Å². The Kier molecular flexibility index (Phi) is 5.51.